The Morgan fingerprint density at radius 3 is 2.68 bits per heavy atom. The lowest BCUT2D eigenvalue weighted by Gasteiger charge is -2.13. The minimum atomic E-state index is -3.44. The summed E-state index contributed by atoms with van der Waals surface area (Å²) < 4.78 is 26.7. The van der Waals surface area contributed by atoms with Crippen LogP contribution in [0.25, 0.3) is 0 Å². The van der Waals surface area contributed by atoms with Crippen molar-refractivity contribution in [3.8, 4) is 0 Å². The molecule has 0 aromatic heterocycles. The van der Waals surface area contributed by atoms with E-state index in [-0.39, 0.29) is 29.2 Å². The number of nitrogens with one attached hydrogen (secondary N) is 2. The average molecular weight is 345 g/mol. The molecule has 7 heteroatoms. The molecule has 2 rings (SSSR count). The molecule has 1 unspecified atom stereocenters. The van der Waals surface area contributed by atoms with E-state index in [4.69, 9.17) is 11.6 Å². The molecular weight excluding hydrogens is 324 g/mol. The molecule has 1 aromatic carbocycles. The number of carbonyl (C=O) groups is 1. The van der Waals surface area contributed by atoms with Crippen LogP contribution >= 0.6 is 11.6 Å². The lowest BCUT2D eigenvalue weighted by molar-refractivity contribution is 0.0951. The van der Waals surface area contributed by atoms with E-state index < -0.39 is 10.0 Å². The van der Waals surface area contributed by atoms with Gasteiger partial charge in [0, 0.05) is 11.7 Å². The van der Waals surface area contributed by atoms with Gasteiger partial charge in [0.2, 0.25) is 10.0 Å². The molecular formula is C15H21ClN2O3S. The summed E-state index contributed by atoms with van der Waals surface area (Å²) in [4.78, 5) is 12.1. The minimum Gasteiger partial charge on any atom is -0.349 e. The van der Waals surface area contributed by atoms with Crippen LogP contribution in [0, 0.1) is 5.92 Å². The highest BCUT2D eigenvalue weighted by molar-refractivity contribution is 7.92. The maximum atomic E-state index is 12.1. The highest BCUT2D eigenvalue weighted by Gasteiger charge is 2.25. The maximum absolute atomic E-state index is 12.1. The molecule has 1 atom stereocenters. The van der Waals surface area contributed by atoms with E-state index in [2.05, 4.69) is 10.0 Å². The fourth-order valence-corrected chi connectivity index (χ4v) is 3.72. The van der Waals surface area contributed by atoms with Gasteiger partial charge in [0.15, 0.2) is 0 Å². The first-order chi connectivity index (χ1) is 10.3. The van der Waals surface area contributed by atoms with E-state index in [9.17, 15) is 13.2 Å². The van der Waals surface area contributed by atoms with Crippen LogP contribution in [0.5, 0.6) is 0 Å². The number of sulfonamides is 1. The van der Waals surface area contributed by atoms with Crippen molar-refractivity contribution in [1.29, 1.82) is 0 Å². The first-order valence-corrected chi connectivity index (χ1v) is 9.44. The number of hydrogen-bond acceptors (Lipinski definition) is 3. The van der Waals surface area contributed by atoms with Gasteiger partial charge in [-0.1, -0.05) is 31.9 Å². The monoisotopic (exact) mass is 344 g/mol. The summed E-state index contributed by atoms with van der Waals surface area (Å²) in [6.45, 7) is 3.83. The lowest BCUT2D eigenvalue weighted by Crippen LogP contribution is -2.26. The lowest BCUT2D eigenvalue weighted by atomic mass is 10.2. The molecule has 5 nitrogen and oxygen atoms in total. The van der Waals surface area contributed by atoms with Crippen molar-refractivity contribution in [3.05, 3.63) is 28.8 Å². The summed E-state index contributed by atoms with van der Waals surface area (Å²) in [5.74, 6) is -0.145. The first-order valence-electron chi connectivity index (χ1n) is 7.41. The molecule has 1 aliphatic rings. The Kier molecular flexibility index (Phi) is 5.34. The fourth-order valence-electron chi connectivity index (χ4n) is 1.97. The second-order valence-corrected chi connectivity index (χ2v) is 8.01. The third kappa shape index (κ3) is 4.88. The van der Waals surface area contributed by atoms with Gasteiger partial charge in [-0.3, -0.25) is 9.52 Å². The van der Waals surface area contributed by atoms with Gasteiger partial charge in [0.1, 0.15) is 0 Å². The molecule has 1 fully saturated rings. The number of benzene rings is 1. The summed E-state index contributed by atoms with van der Waals surface area (Å²) in [7, 11) is -3.44. The Bertz CT molecular complexity index is 657. The summed E-state index contributed by atoms with van der Waals surface area (Å²) in [6.07, 6.45) is 2.74. The molecule has 22 heavy (non-hydrogen) atoms. The number of rotatable bonds is 7. The molecule has 0 aliphatic heterocycles. The molecule has 1 amide bonds. The Morgan fingerprint density at radius 1 is 1.41 bits per heavy atom. The highest BCUT2D eigenvalue weighted by Crippen LogP contribution is 2.24. The van der Waals surface area contributed by atoms with Crippen molar-refractivity contribution >= 4 is 33.2 Å². The maximum Gasteiger partial charge on any atom is 0.253 e. The van der Waals surface area contributed by atoms with E-state index in [1.165, 1.54) is 12.1 Å². The number of halogens is 1. The summed E-state index contributed by atoms with van der Waals surface area (Å²) in [5.41, 5.74) is 0.644. The highest BCUT2D eigenvalue weighted by atomic mass is 35.5. The Balaban J connectivity index is 2.13. The van der Waals surface area contributed by atoms with Crippen LogP contribution in [0.15, 0.2) is 18.2 Å². The van der Waals surface area contributed by atoms with Crippen molar-refractivity contribution in [3.63, 3.8) is 0 Å². The summed E-state index contributed by atoms with van der Waals surface area (Å²) in [6, 6.07) is 4.79. The summed E-state index contributed by atoms with van der Waals surface area (Å²) >= 11 is 6.03. The number of anilines is 1. The second kappa shape index (κ2) is 6.87. The van der Waals surface area contributed by atoms with Gasteiger partial charge in [-0.25, -0.2) is 8.42 Å². The molecule has 1 aromatic rings. The molecule has 1 saturated carbocycles. The number of amides is 1. The zero-order valence-electron chi connectivity index (χ0n) is 12.7. The second-order valence-electron chi connectivity index (χ2n) is 5.84. The van der Waals surface area contributed by atoms with Crippen molar-refractivity contribution < 1.29 is 13.2 Å². The molecule has 0 heterocycles. The van der Waals surface area contributed by atoms with Gasteiger partial charge in [0.05, 0.1) is 16.3 Å². The molecule has 0 saturated heterocycles. The Morgan fingerprint density at radius 2 is 2.09 bits per heavy atom. The van der Waals surface area contributed by atoms with Crippen LogP contribution in [-0.2, 0) is 10.0 Å². The number of hydrogen-bond donors (Lipinski definition) is 2. The molecule has 0 bridgehead atoms. The standard InChI is InChI=1S/C15H21ClN2O3S/c1-3-10(2)9-22(20,21)18-12-6-7-14(16)13(8-12)15(19)17-11-4-5-11/h6-8,10-11,18H,3-5,9H2,1-2H3,(H,17,19). The Hall–Kier alpha value is -1.27. The van der Waals surface area contributed by atoms with E-state index in [0.29, 0.717) is 10.7 Å². The molecule has 122 valence electrons. The summed E-state index contributed by atoms with van der Waals surface area (Å²) in [5, 5.41) is 3.15. The van der Waals surface area contributed by atoms with Gasteiger partial charge in [0.25, 0.3) is 5.91 Å². The van der Waals surface area contributed by atoms with Gasteiger partial charge >= 0.3 is 0 Å². The van der Waals surface area contributed by atoms with Crippen LogP contribution in [0.3, 0.4) is 0 Å². The smallest absolute Gasteiger partial charge is 0.253 e. The molecule has 0 spiro atoms. The van der Waals surface area contributed by atoms with E-state index >= 15 is 0 Å². The van der Waals surface area contributed by atoms with Crippen LogP contribution in [0.1, 0.15) is 43.5 Å². The normalized spacial score (nSPS) is 16.1. The molecule has 0 radical (unpaired) electrons. The predicted octanol–water partition coefficient (Wildman–Crippen LogP) is 3.02. The van der Waals surface area contributed by atoms with Crippen LogP contribution in [0.2, 0.25) is 5.02 Å². The van der Waals surface area contributed by atoms with Crippen LogP contribution in [0.4, 0.5) is 5.69 Å². The van der Waals surface area contributed by atoms with Crippen molar-refractivity contribution in [2.75, 3.05) is 10.5 Å². The van der Waals surface area contributed by atoms with Gasteiger partial charge in [-0.2, -0.15) is 0 Å². The topological polar surface area (TPSA) is 75.3 Å². The van der Waals surface area contributed by atoms with Crippen molar-refractivity contribution in [2.45, 2.75) is 39.2 Å². The molecule has 1 aliphatic carbocycles. The van der Waals surface area contributed by atoms with Crippen LogP contribution in [-0.4, -0.2) is 26.1 Å². The van der Waals surface area contributed by atoms with Gasteiger partial charge in [-0.05, 0) is 37.0 Å². The van der Waals surface area contributed by atoms with E-state index in [0.717, 1.165) is 19.3 Å². The van der Waals surface area contributed by atoms with E-state index in [1.807, 2.05) is 13.8 Å². The fraction of sp³-hybridized carbons (Fsp3) is 0.533. The molecule has 2 N–H and O–H groups in total. The largest absolute Gasteiger partial charge is 0.349 e. The quantitative estimate of drug-likeness (QED) is 0.798. The average Bonchev–Trinajstić information content (AvgIpc) is 3.23. The van der Waals surface area contributed by atoms with Gasteiger partial charge < -0.3 is 5.32 Å². The first kappa shape index (κ1) is 17.1. The van der Waals surface area contributed by atoms with Crippen molar-refractivity contribution in [1.82, 2.24) is 5.32 Å². The third-order valence-electron chi connectivity index (χ3n) is 3.60. The third-order valence-corrected chi connectivity index (χ3v) is 5.48. The zero-order chi connectivity index (χ0) is 16.3. The SMILES string of the molecule is CCC(C)CS(=O)(=O)Nc1ccc(Cl)c(C(=O)NC2CC2)c1. The minimum absolute atomic E-state index is 0.0513. The van der Waals surface area contributed by atoms with Gasteiger partial charge in [-0.15, -0.1) is 0 Å². The van der Waals surface area contributed by atoms with Crippen LogP contribution < -0.4 is 10.0 Å². The van der Waals surface area contributed by atoms with E-state index in [1.54, 1.807) is 6.07 Å². The number of carbonyl (C=O) groups excluding carboxylic acids is 1. The Labute approximate surface area is 136 Å². The van der Waals surface area contributed by atoms with Crippen molar-refractivity contribution in [2.24, 2.45) is 5.92 Å². The predicted molar refractivity (Wildman–Crippen MR) is 88.8 cm³/mol. The zero-order valence-corrected chi connectivity index (χ0v) is 14.3.